The number of nitriles is 1. The number of nitrogens with one attached hydrogen (secondary N) is 1. The first-order valence-electron chi connectivity index (χ1n) is 7.31. The van der Waals surface area contributed by atoms with Crippen molar-refractivity contribution >= 4 is 17.3 Å². The van der Waals surface area contributed by atoms with Crippen molar-refractivity contribution in [3.63, 3.8) is 0 Å². The Hall–Kier alpha value is -2.80. The predicted molar refractivity (Wildman–Crippen MR) is 86.4 cm³/mol. The minimum Gasteiger partial charge on any atom is -0.365 e. The van der Waals surface area contributed by atoms with Gasteiger partial charge in [-0.25, -0.2) is 0 Å². The molecule has 1 aliphatic heterocycles. The fourth-order valence-electron chi connectivity index (χ4n) is 2.73. The Morgan fingerprint density at radius 1 is 1.27 bits per heavy atom. The second-order valence-corrected chi connectivity index (χ2v) is 5.60. The van der Waals surface area contributed by atoms with E-state index in [2.05, 4.69) is 16.3 Å². The lowest BCUT2D eigenvalue weighted by molar-refractivity contribution is -0.119. The van der Waals surface area contributed by atoms with Crippen molar-refractivity contribution in [1.82, 2.24) is 0 Å². The summed E-state index contributed by atoms with van der Waals surface area (Å²) in [5.74, 6) is -0.0488. The topological polar surface area (TPSA) is 56.1 Å². The lowest BCUT2D eigenvalue weighted by atomic mass is 10.1. The molecule has 0 spiro atoms. The Balaban J connectivity index is 1.94. The number of para-hydroxylation sites is 2. The van der Waals surface area contributed by atoms with Crippen molar-refractivity contribution in [3.05, 3.63) is 59.7 Å². The highest BCUT2D eigenvalue weighted by Crippen LogP contribution is 2.31. The van der Waals surface area contributed by atoms with Crippen LogP contribution in [0.2, 0.25) is 0 Å². The molecule has 110 valence electrons. The molecule has 1 N–H and O–H groups in total. The van der Waals surface area contributed by atoms with Gasteiger partial charge >= 0.3 is 0 Å². The van der Waals surface area contributed by atoms with E-state index in [1.807, 2.05) is 49.4 Å². The van der Waals surface area contributed by atoms with Crippen molar-refractivity contribution in [2.75, 3.05) is 16.8 Å². The Morgan fingerprint density at radius 3 is 2.91 bits per heavy atom. The number of anilines is 2. The molecule has 0 bridgehead atoms. The van der Waals surface area contributed by atoms with E-state index >= 15 is 0 Å². The Kier molecular flexibility index (Phi) is 3.80. The van der Waals surface area contributed by atoms with Gasteiger partial charge in [0.05, 0.1) is 28.9 Å². The molecule has 1 amide bonds. The van der Waals surface area contributed by atoms with Gasteiger partial charge in [0, 0.05) is 13.1 Å². The smallest absolute Gasteiger partial charge is 0.229 e. The second kappa shape index (κ2) is 5.90. The number of fused-ring (bicyclic) bond motifs is 1. The van der Waals surface area contributed by atoms with Crippen LogP contribution in [0, 0.1) is 17.2 Å². The van der Waals surface area contributed by atoms with E-state index in [0.717, 1.165) is 16.9 Å². The van der Waals surface area contributed by atoms with E-state index in [0.29, 0.717) is 18.7 Å². The third-order valence-electron chi connectivity index (χ3n) is 3.87. The van der Waals surface area contributed by atoms with Gasteiger partial charge in [0.15, 0.2) is 0 Å². The maximum atomic E-state index is 12.1. The average molecular weight is 291 g/mol. The molecule has 0 fully saturated rings. The predicted octanol–water partition coefficient (Wildman–Crippen LogP) is 3.15. The molecule has 3 rings (SSSR count). The number of rotatable bonds is 2. The molecule has 0 aliphatic carbocycles. The molecule has 2 aromatic carbocycles. The largest absolute Gasteiger partial charge is 0.365 e. The number of hydrogen-bond acceptors (Lipinski definition) is 3. The molecule has 1 atom stereocenters. The van der Waals surface area contributed by atoms with Gasteiger partial charge in [-0.1, -0.05) is 31.2 Å². The summed E-state index contributed by atoms with van der Waals surface area (Å²) < 4.78 is 0. The second-order valence-electron chi connectivity index (χ2n) is 5.60. The monoisotopic (exact) mass is 291 g/mol. The van der Waals surface area contributed by atoms with Gasteiger partial charge in [-0.15, -0.1) is 0 Å². The van der Waals surface area contributed by atoms with Gasteiger partial charge in [-0.05, 0) is 29.8 Å². The first kappa shape index (κ1) is 14.2. The van der Waals surface area contributed by atoms with E-state index in [-0.39, 0.29) is 11.8 Å². The third-order valence-corrected chi connectivity index (χ3v) is 3.87. The number of benzene rings is 2. The highest BCUT2D eigenvalue weighted by atomic mass is 16.1. The highest BCUT2D eigenvalue weighted by Gasteiger charge is 2.24. The van der Waals surface area contributed by atoms with Crippen LogP contribution in [0.5, 0.6) is 0 Å². The van der Waals surface area contributed by atoms with Gasteiger partial charge < -0.3 is 10.2 Å². The Morgan fingerprint density at radius 2 is 2.09 bits per heavy atom. The third kappa shape index (κ3) is 2.79. The lowest BCUT2D eigenvalue weighted by Crippen LogP contribution is -2.30. The van der Waals surface area contributed by atoms with Crippen molar-refractivity contribution in [3.8, 4) is 6.07 Å². The molecule has 0 aromatic heterocycles. The molecule has 0 saturated carbocycles. The van der Waals surface area contributed by atoms with Gasteiger partial charge in [0.2, 0.25) is 5.91 Å². The van der Waals surface area contributed by atoms with Crippen molar-refractivity contribution in [1.29, 1.82) is 5.26 Å². The normalized spacial score (nSPS) is 17.2. The molecule has 1 aliphatic rings. The molecule has 2 aromatic rings. The van der Waals surface area contributed by atoms with E-state index < -0.39 is 0 Å². The molecule has 22 heavy (non-hydrogen) atoms. The highest BCUT2D eigenvalue weighted by molar-refractivity contribution is 5.97. The Labute approximate surface area is 130 Å². The number of amides is 1. The van der Waals surface area contributed by atoms with Crippen LogP contribution in [-0.4, -0.2) is 12.5 Å². The van der Waals surface area contributed by atoms with Gasteiger partial charge in [-0.2, -0.15) is 5.26 Å². The fraction of sp³-hybridized carbons (Fsp3) is 0.222. The number of carbonyl (C=O) groups excluding carboxylic acids is 1. The standard InChI is InChI=1S/C18H17N3O/c1-13-11-21(12-15-6-4-5-14(9-15)10-19)17-8-3-2-7-16(17)20-18(13)22/h2-9,13H,11-12H2,1H3,(H,20,22)/t13-/m0/s1. The molecular formula is C18H17N3O. The van der Waals surface area contributed by atoms with E-state index in [1.165, 1.54) is 0 Å². The van der Waals surface area contributed by atoms with Crippen molar-refractivity contribution < 1.29 is 4.79 Å². The van der Waals surface area contributed by atoms with Crippen molar-refractivity contribution in [2.24, 2.45) is 5.92 Å². The van der Waals surface area contributed by atoms with Crippen LogP contribution >= 0.6 is 0 Å². The van der Waals surface area contributed by atoms with Crippen LogP contribution in [0.1, 0.15) is 18.1 Å². The quantitative estimate of drug-likeness (QED) is 0.924. The molecule has 0 radical (unpaired) electrons. The molecule has 4 nitrogen and oxygen atoms in total. The molecule has 0 unspecified atom stereocenters. The lowest BCUT2D eigenvalue weighted by Gasteiger charge is -2.25. The summed E-state index contributed by atoms with van der Waals surface area (Å²) in [4.78, 5) is 14.3. The van der Waals surface area contributed by atoms with E-state index in [1.54, 1.807) is 6.07 Å². The first-order valence-corrected chi connectivity index (χ1v) is 7.31. The zero-order valence-electron chi connectivity index (χ0n) is 12.4. The molecule has 1 heterocycles. The number of carbonyl (C=O) groups is 1. The SMILES string of the molecule is C[C@H]1CN(Cc2cccc(C#N)c2)c2ccccc2NC1=O. The van der Waals surface area contributed by atoms with Crippen LogP contribution in [0.15, 0.2) is 48.5 Å². The molecule has 4 heteroatoms. The summed E-state index contributed by atoms with van der Waals surface area (Å²) in [5, 5.41) is 12.0. The van der Waals surface area contributed by atoms with Crippen LogP contribution < -0.4 is 10.2 Å². The summed E-state index contributed by atoms with van der Waals surface area (Å²) in [6, 6.07) is 17.6. The summed E-state index contributed by atoms with van der Waals surface area (Å²) >= 11 is 0. The van der Waals surface area contributed by atoms with Crippen LogP contribution in [0.25, 0.3) is 0 Å². The van der Waals surface area contributed by atoms with Crippen LogP contribution in [-0.2, 0) is 11.3 Å². The summed E-state index contributed by atoms with van der Waals surface area (Å²) in [7, 11) is 0. The summed E-state index contributed by atoms with van der Waals surface area (Å²) in [6.07, 6.45) is 0. The van der Waals surface area contributed by atoms with Crippen LogP contribution in [0.4, 0.5) is 11.4 Å². The van der Waals surface area contributed by atoms with E-state index in [4.69, 9.17) is 5.26 Å². The summed E-state index contributed by atoms with van der Waals surface area (Å²) in [6.45, 7) is 3.26. The van der Waals surface area contributed by atoms with Crippen molar-refractivity contribution in [2.45, 2.75) is 13.5 Å². The summed E-state index contributed by atoms with van der Waals surface area (Å²) in [5.41, 5.74) is 3.58. The van der Waals surface area contributed by atoms with E-state index in [9.17, 15) is 4.79 Å². The maximum Gasteiger partial charge on any atom is 0.229 e. The zero-order valence-corrected chi connectivity index (χ0v) is 12.4. The van der Waals surface area contributed by atoms with Gasteiger partial charge in [-0.3, -0.25) is 4.79 Å². The first-order chi connectivity index (χ1) is 10.7. The zero-order chi connectivity index (χ0) is 15.5. The average Bonchev–Trinajstić information content (AvgIpc) is 2.65. The van der Waals surface area contributed by atoms with Gasteiger partial charge in [0.1, 0.15) is 0 Å². The molecular weight excluding hydrogens is 274 g/mol. The molecule has 0 saturated heterocycles. The fourth-order valence-corrected chi connectivity index (χ4v) is 2.73. The van der Waals surface area contributed by atoms with Crippen LogP contribution in [0.3, 0.4) is 0 Å². The Bertz CT molecular complexity index is 748. The minimum absolute atomic E-state index is 0.0423. The number of nitrogens with zero attached hydrogens (tertiary/aromatic N) is 2. The van der Waals surface area contributed by atoms with Gasteiger partial charge in [0.25, 0.3) is 0 Å². The minimum atomic E-state index is -0.0912. The maximum absolute atomic E-state index is 12.1. The number of hydrogen-bond donors (Lipinski definition) is 1.